The van der Waals surface area contributed by atoms with Gasteiger partial charge in [-0.25, -0.2) is 16.8 Å². The van der Waals surface area contributed by atoms with Gasteiger partial charge in [0.15, 0.2) is 0 Å². The smallest absolute Gasteiger partial charge is 0.261 e. The highest BCUT2D eigenvalue weighted by atomic mass is 79.9. The van der Waals surface area contributed by atoms with Crippen molar-refractivity contribution < 1.29 is 16.8 Å². The fraction of sp³-hybridized carbons (Fsp3) is 0.434. The van der Waals surface area contributed by atoms with Crippen LogP contribution in [0.5, 0.6) is 0 Å². The SMILES string of the molecule is CC(C)(C)c1ccc(S(=O)(=O)Cl)cc1.CC1CN(c2ccc(Cl)cc2)CCN1.CC1CN(c2ccc(Cl)cc2)CCN1S(=O)(=O)c1ccc(C(C)(C)C)cc1.CC1CNCCN1.Clc1ccc(Br)cc1. The predicted molar refractivity (Wildman–Crippen MR) is 301 cm³/mol. The number of nitrogens with zero attached hydrogens (tertiary/aromatic N) is 3. The van der Waals surface area contributed by atoms with Gasteiger partial charge in [0, 0.05) is 119 Å². The molecule has 0 spiro atoms. The summed E-state index contributed by atoms with van der Waals surface area (Å²) >= 11 is 20.7. The number of nitrogens with one attached hydrogen (secondary N) is 3. The van der Waals surface area contributed by atoms with E-state index in [2.05, 4.69) is 109 Å². The topological polar surface area (TPSA) is 114 Å². The molecule has 3 aliphatic rings. The zero-order valence-electron chi connectivity index (χ0n) is 41.8. The van der Waals surface area contributed by atoms with Crippen molar-refractivity contribution >= 4 is 91.9 Å². The van der Waals surface area contributed by atoms with E-state index >= 15 is 0 Å². The average Bonchev–Trinajstić information content (AvgIpc) is 3.31. The minimum absolute atomic E-state index is 0.000209. The highest BCUT2D eigenvalue weighted by Crippen LogP contribution is 2.29. The fourth-order valence-electron chi connectivity index (χ4n) is 7.61. The van der Waals surface area contributed by atoms with E-state index in [9.17, 15) is 16.8 Å². The number of hydrogen-bond acceptors (Lipinski definition) is 9. The van der Waals surface area contributed by atoms with Gasteiger partial charge < -0.3 is 25.8 Å². The maximum atomic E-state index is 13.1. The molecule has 5 aromatic rings. The summed E-state index contributed by atoms with van der Waals surface area (Å²) in [4.78, 5) is 5.10. The molecular formula is C53H71BrCl4N6O4S2. The van der Waals surface area contributed by atoms with E-state index in [1.54, 1.807) is 28.6 Å². The Bertz CT molecular complexity index is 2540. The number of sulfonamides is 1. The zero-order chi connectivity index (χ0) is 51.9. The van der Waals surface area contributed by atoms with Crippen molar-refractivity contribution in [2.45, 2.75) is 101 Å². The third-order valence-electron chi connectivity index (χ3n) is 11.7. The highest BCUT2D eigenvalue weighted by Gasteiger charge is 2.34. The predicted octanol–water partition coefficient (Wildman–Crippen LogP) is 12.3. The van der Waals surface area contributed by atoms with Crippen LogP contribution in [-0.2, 0) is 29.9 Å². The van der Waals surface area contributed by atoms with Crippen LogP contribution in [0.3, 0.4) is 0 Å². The molecule has 0 saturated carbocycles. The van der Waals surface area contributed by atoms with E-state index in [4.69, 9.17) is 45.5 Å². The Labute approximate surface area is 447 Å². The molecule has 0 aliphatic carbocycles. The molecule has 3 aliphatic heterocycles. The van der Waals surface area contributed by atoms with Crippen molar-refractivity contribution in [1.29, 1.82) is 0 Å². The van der Waals surface area contributed by atoms with Crippen molar-refractivity contribution in [3.8, 4) is 0 Å². The standard InChI is InChI=1S/C21H27ClN2O2S.C11H15ClN2.C10H13ClO2S.C6H4BrCl.C5H12N2/c1-16-15-23(19-9-7-18(22)8-10-19)13-14-24(16)27(25,26)20-11-5-17(6-12-20)21(2,3)4;1-9-8-14(7-6-13-9)11-4-2-10(12)3-5-11;1-10(2,3)8-4-6-9(7-5-8)14(11,12)13;7-5-1-3-6(8)4-2-5;1-5-4-6-2-3-7-5/h5-12,16H,13-15H2,1-4H3;2-5,9,13H,6-8H2,1H3;4-7H,1-3H3;1-4H;5-7H,2-4H2,1H3. The summed E-state index contributed by atoms with van der Waals surface area (Å²) in [5, 5.41) is 12.3. The first-order valence-electron chi connectivity index (χ1n) is 23.5. The molecule has 3 fully saturated rings. The van der Waals surface area contributed by atoms with Crippen LogP contribution in [0, 0.1) is 0 Å². The number of benzene rings is 5. The first-order chi connectivity index (χ1) is 32.7. The zero-order valence-corrected chi connectivity index (χ0v) is 48.1. The van der Waals surface area contributed by atoms with Gasteiger partial charge in [-0.1, -0.05) is 117 Å². The lowest BCUT2D eigenvalue weighted by Crippen LogP contribution is -2.54. The molecule has 10 nitrogen and oxygen atoms in total. The second-order valence-corrected chi connectivity index (χ2v) is 26.3. The van der Waals surface area contributed by atoms with E-state index < -0.39 is 19.1 Å². The van der Waals surface area contributed by atoms with E-state index in [1.807, 2.05) is 79.7 Å². The number of hydrogen-bond donors (Lipinski definition) is 3. The van der Waals surface area contributed by atoms with Gasteiger partial charge in [0.25, 0.3) is 9.05 Å². The van der Waals surface area contributed by atoms with E-state index in [0.29, 0.717) is 41.6 Å². The molecule has 3 unspecified atom stereocenters. The molecule has 0 radical (unpaired) electrons. The van der Waals surface area contributed by atoms with Crippen molar-refractivity contribution in [1.82, 2.24) is 20.3 Å². The Morgan fingerprint density at radius 3 is 1.31 bits per heavy atom. The van der Waals surface area contributed by atoms with E-state index in [1.165, 1.54) is 17.8 Å². The fourth-order valence-corrected chi connectivity index (χ4v) is 10.6. The van der Waals surface area contributed by atoms with Gasteiger partial charge in [-0.2, -0.15) is 4.31 Å². The Morgan fingerprint density at radius 2 is 0.957 bits per heavy atom. The minimum Gasteiger partial charge on any atom is -0.369 e. The first-order valence-corrected chi connectivity index (χ1v) is 29.2. The number of anilines is 2. The largest absolute Gasteiger partial charge is 0.369 e. The summed E-state index contributed by atoms with van der Waals surface area (Å²) in [7, 11) is -1.90. The summed E-state index contributed by atoms with van der Waals surface area (Å²) in [5.41, 5.74) is 4.57. The van der Waals surface area contributed by atoms with Crippen LogP contribution in [0.2, 0.25) is 15.1 Å². The van der Waals surface area contributed by atoms with Gasteiger partial charge >= 0.3 is 0 Å². The molecule has 5 aromatic carbocycles. The number of piperazine rings is 3. The molecule has 70 heavy (non-hydrogen) atoms. The van der Waals surface area contributed by atoms with Crippen LogP contribution in [0.15, 0.2) is 136 Å². The van der Waals surface area contributed by atoms with Gasteiger partial charge in [0.2, 0.25) is 10.0 Å². The second kappa shape index (κ2) is 27.4. The molecule has 3 atom stereocenters. The highest BCUT2D eigenvalue weighted by molar-refractivity contribution is 9.10. The van der Waals surface area contributed by atoms with Crippen molar-refractivity contribution in [2.75, 3.05) is 68.7 Å². The number of rotatable bonds is 5. The monoisotopic (exact) mass is 1140 g/mol. The lowest BCUT2D eigenvalue weighted by atomic mass is 9.87. The maximum absolute atomic E-state index is 13.1. The molecule has 3 N–H and O–H groups in total. The first kappa shape index (κ1) is 59.6. The summed E-state index contributed by atoms with van der Waals surface area (Å²) in [6.45, 7) is 27.3. The summed E-state index contributed by atoms with van der Waals surface area (Å²) in [6.07, 6.45) is 0. The third-order valence-corrected chi connectivity index (χ3v) is 16.4. The van der Waals surface area contributed by atoms with Gasteiger partial charge in [-0.05, 0) is 140 Å². The minimum atomic E-state index is -3.59. The van der Waals surface area contributed by atoms with Gasteiger partial charge in [-0.3, -0.25) is 0 Å². The summed E-state index contributed by atoms with van der Waals surface area (Å²) in [5.74, 6) is 0. The van der Waals surface area contributed by atoms with Crippen LogP contribution in [0.25, 0.3) is 0 Å². The van der Waals surface area contributed by atoms with Crippen LogP contribution in [-0.4, -0.2) is 98.2 Å². The Morgan fingerprint density at radius 1 is 0.529 bits per heavy atom. The van der Waals surface area contributed by atoms with E-state index in [0.717, 1.165) is 70.6 Å². The maximum Gasteiger partial charge on any atom is 0.261 e. The van der Waals surface area contributed by atoms with Crippen LogP contribution >= 0.6 is 61.4 Å². The molecule has 384 valence electrons. The normalized spacial score (nSPS) is 18.9. The summed E-state index contributed by atoms with van der Waals surface area (Å²) < 4.78 is 50.9. The molecule has 8 rings (SSSR count). The molecule has 17 heteroatoms. The Hall–Kier alpha value is -2.92. The van der Waals surface area contributed by atoms with Crippen molar-refractivity contribution in [3.05, 3.63) is 152 Å². The van der Waals surface area contributed by atoms with Gasteiger partial charge in [-0.15, -0.1) is 0 Å². The van der Waals surface area contributed by atoms with Gasteiger partial charge in [0.05, 0.1) is 9.79 Å². The Balaban J connectivity index is 0.000000209. The third kappa shape index (κ3) is 19.8. The quantitative estimate of drug-likeness (QED) is 0.148. The lowest BCUT2D eigenvalue weighted by molar-refractivity contribution is 0.306. The van der Waals surface area contributed by atoms with Crippen LogP contribution in [0.1, 0.15) is 73.4 Å². The van der Waals surface area contributed by atoms with Crippen molar-refractivity contribution in [2.24, 2.45) is 0 Å². The second-order valence-electron chi connectivity index (χ2n) is 19.6. The van der Waals surface area contributed by atoms with Crippen LogP contribution < -0.4 is 25.8 Å². The van der Waals surface area contributed by atoms with Crippen molar-refractivity contribution in [3.63, 3.8) is 0 Å². The van der Waals surface area contributed by atoms with Crippen LogP contribution in [0.4, 0.5) is 11.4 Å². The Kier molecular flexibility index (Phi) is 23.3. The number of halogens is 5. The molecule has 3 saturated heterocycles. The molecular weight excluding hydrogens is 1070 g/mol. The molecule has 3 heterocycles. The molecule has 0 bridgehead atoms. The molecule has 0 amide bonds. The summed E-state index contributed by atoms with van der Waals surface area (Å²) in [6, 6.07) is 38.3. The lowest BCUT2D eigenvalue weighted by Gasteiger charge is -2.40. The average molecular weight is 1140 g/mol. The van der Waals surface area contributed by atoms with E-state index in [-0.39, 0.29) is 21.8 Å². The molecule has 0 aromatic heterocycles. The van der Waals surface area contributed by atoms with Gasteiger partial charge in [0.1, 0.15) is 0 Å².